The van der Waals surface area contributed by atoms with Crippen LogP contribution in [0.15, 0.2) is 24.3 Å². The van der Waals surface area contributed by atoms with Crippen LogP contribution in [0.5, 0.6) is 5.75 Å². The van der Waals surface area contributed by atoms with Gasteiger partial charge in [-0.25, -0.2) is 4.79 Å². The Morgan fingerprint density at radius 1 is 1.16 bits per heavy atom. The van der Waals surface area contributed by atoms with E-state index in [0.717, 1.165) is 25.7 Å². The first-order valence-corrected chi connectivity index (χ1v) is 12.6. The van der Waals surface area contributed by atoms with E-state index in [2.05, 4.69) is 14.8 Å². The molecule has 2 aliphatic carbocycles. The highest BCUT2D eigenvalue weighted by Crippen LogP contribution is 2.41. The third-order valence-electron chi connectivity index (χ3n) is 5.98. The van der Waals surface area contributed by atoms with Gasteiger partial charge in [0.15, 0.2) is 0 Å². The number of carbonyl (C=O) groups excluding carboxylic acids is 1. The van der Waals surface area contributed by atoms with Crippen LogP contribution in [-0.2, 0) is 19.7 Å². The molecule has 37 heavy (non-hydrogen) atoms. The van der Waals surface area contributed by atoms with Crippen molar-refractivity contribution >= 4 is 28.1 Å². The minimum absolute atomic E-state index is 0.180. The molecule has 2 saturated carbocycles. The minimum Gasteiger partial charge on any atom is -0.475 e. The van der Waals surface area contributed by atoms with Gasteiger partial charge >= 0.3 is 27.8 Å². The molecule has 0 bridgehead atoms. The monoisotopic (exact) mass is 558 g/mol. The van der Waals surface area contributed by atoms with Gasteiger partial charge in [0.05, 0.1) is 12.1 Å². The maximum absolute atomic E-state index is 12.7. The molecular weight excluding hydrogens is 534 g/mol. The number of amides is 1. The Bertz CT molecular complexity index is 1150. The quantitative estimate of drug-likeness (QED) is 0.264. The fourth-order valence-electron chi connectivity index (χ4n) is 3.75. The number of carboxylic acids is 1. The molecule has 1 aliphatic heterocycles. The summed E-state index contributed by atoms with van der Waals surface area (Å²) in [5, 5.41) is 13.3. The van der Waals surface area contributed by atoms with Gasteiger partial charge in [-0.2, -0.15) is 34.8 Å². The molecule has 0 spiro atoms. The van der Waals surface area contributed by atoms with Crippen molar-refractivity contribution in [3.05, 3.63) is 35.4 Å². The van der Waals surface area contributed by atoms with Gasteiger partial charge in [-0.15, -0.1) is 0 Å². The first-order valence-electron chi connectivity index (χ1n) is 11.2. The van der Waals surface area contributed by atoms with Crippen LogP contribution in [0.4, 0.5) is 26.3 Å². The summed E-state index contributed by atoms with van der Waals surface area (Å²) in [6.45, 7) is 1.71. The van der Waals surface area contributed by atoms with E-state index in [-0.39, 0.29) is 11.9 Å². The first-order chi connectivity index (χ1) is 17.0. The number of aliphatic carboxylic acids is 1. The van der Waals surface area contributed by atoms with Crippen LogP contribution in [-0.4, -0.2) is 49.2 Å². The smallest absolute Gasteiger partial charge is 0.475 e. The lowest BCUT2D eigenvalue weighted by molar-refractivity contribution is -0.192. The lowest BCUT2D eigenvalue weighted by atomic mass is 9.99. The number of carboxylic acid groups (broad SMARTS) is 1. The predicted octanol–water partition coefficient (Wildman–Crippen LogP) is 3.90. The standard InChI is InChI=1S/C20H23F3N2O4S.C2HF3O2/c1-11(24-19(26)18-9-14-8-17(14)25-18)16-10-15(29-30(27,28)20(21,22)23)7-6-13(16)5-4-12-2-3-12;3-2(4,5)1(6)7/h4-7,10-12,14,17-18,25H,2-3,8-9H2,1H3,(H,24,26);(H,6,7)/b5-4+;/t11-,14+,17+,18-;/m0./s1. The number of fused-ring (bicyclic) bond motifs is 1. The van der Waals surface area contributed by atoms with Gasteiger partial charge in [-0.1, -0.05) is 18.2 Å². The summed E-state index contributed by atoms with van der Waals surface area (Å²) in [5.41, 5.74) is -4.35. The normalized spacial score (nSPS) is 24.0. The Morgan fingerprint density at radius 2 is 1.78 bits per heavy atom. The highest BCUT2D eigenvalue weighted by molar-refractivity contribution is 7.88. The van der Waals surface area contributed by atoms with Gasteiger partial charge in [-0.3, -0.25) is 4.79 Å². The largest absolute Gasteiger partial charge is 0.534 e. The maximum atomic E-state index is 12.7. The van der Waals surface area contributed by atoms with Crippen LogP contribution in [0.1, 0.15) is 49.8 Å². The molecule has 3 fully saturated rings. The topological polar surface area (TPSA) is 122 Å². The summed E-state index contributed by atoms with van der Waals surface area (Å²) in [5.74, 6) is -2.38. The number of allylic oxidation sites excluding steroid dienone is 1. The molecule has 1 amide bonds. The SMILES string of the molecule is C[C@H](NC(=O)[C@@H]1C[C@H]2C[C@H]2N1)c1cc(OS(=O)(=O)C(F)(F)F)ccc1/C=C/C1CC1.O=C(O)C(F)(F)F. The molecule has 3 N–H and O–H groups in total. The number of halogens is 6. The van der Waals surface area contributed by atoms with E-state index in [1.807, 2.05) is 12.2 Å². The summed E-state index contributed by atoms with van der Waals surface area (Å²) in [7, 11) is -5.77. The second kappa shape index (κ2) is 10.5. The Kier molecular flexibility index (Phi) is 8.17. The molecule has 0 unspecified atom stereocenters. The van der Waals surface area contributed by atoms with Crippen LogP contribution >= 0.6 is 0 Å². The molecule has 1 aromatic rings. The molecule has 1 heterocycles. The summed E-state index contributed by atoms with van der Waals surface area (Å²) in [4.78, 5) is 21.5. The fourth-order valence-corrected chi connectivity index (χ4v) is 4.20. The zero-order chi connectivity index (χ0) is 27.8. The van der Waals surface area contributed by atoms with Gasteiger partial charge in [0.25, 0.3) is 0 Å². The van der Waals surface area contributed by atoms with Crippen LogP contribution in [0.3, 0.4) is 0 Å². The van der Waals surface area contributed by atoms with E-state index < -0.39 is 39.6 Å². The molecule has 3 aliphatic rings. The first kappa shape index (κ1) is 28.8. The van der Waals surface area contributed by atoms with Crippen molar-refractivity contribution in [2.75, 3.05) is 0 Å². The number of piperidine rings is 1. The lowest BCUT2D eigenvalue weighted by Crippen LogP contribution is -2.43. The van der Waals surface area contributed by atoms with Crippen LogP contribution in [0.25, 0.3) is 6.08 Å². The molecule has 1 aromatic carbocycles. The van der Waals surface area contributed by atoms with Crippen molar-refractivity contribution in [3.8, 4) is 5.75 Å². The molecule has 4 atom stereocenters. The van der Waals surface area contributed by atoms with Crippen molar-refractivity contribution in [3.63, 3.8) is 0 Å². The van der Waals surface area contributed by atoms with Crippen LogP contribution in [0.2, 0.25) is 0 Å². The second-order valence-electron chi connectivity index (χ2n) is 9.06. The van der Waals surface area contributed by atoms with Crippen LogP contribution in [0, 0.1) is 11.8 Å². The average Bonchev–Trinajstić information content (AvgIpc) is 3.70. The predicted molar refractivity (Wildman–Crippen MR) is 117 cm³/mol. The van der Waals surface area contributed by atoms with Gasteiger partial charge < -0.3 is 19.9 Å². The molecule has 206 valence electrons. The Hall–Kier alpha value is -2.81. The fraction of sp³-hybridized carbons (Fsp3) is 0.545. The third kappa shape index (κ3) is 7.84. The third-order valence-corrected chi connectivity index (χ3v) is 6.96. The number of nitrogens with one attached hydrogen (secondary N) is 2. The van der Waals surface area contributed by atoms with Gasteiger partial charge in [-0.05, 0) is 67.7 Å². The van der Waals surface area contributed by atoms with Gasteiger partial charge in [0.1, 0.15) is 5.75 Å². The van der Waals surface area contributed by atoms with E-state index in [9.17, 15) is 39.6 Å². The zero-order valence-corrected chi connectivity index (χ0v) is 20.1. The van der Waals surface area contributed by atoms with E-state index >= 15 is 0 Å². The minimum atomic E-state index is -5.77. The molecule has 15 heteroatoms. The lowest BCUT2D eigenvalue weighted by Gasteiger charge is -2.21. The molecule has 0 aromatic heterocycles. The number of alkyl halides is 6. The van der Waals surface area contributed by atoms with Crippen molar-refractivity contribution in [2.45, 2.75) is 62.4 Å². The van der Waals surface area contributed by atoms with E-state index in [1.165, 1.54) is 18.2 Å². The van der Waals surface area contributed by atoms with E-state index in [1.54, 1.807) is 6.92 Å². The maximum Gasteiger partial charge on any atom is 0.534 e. The highest BCUT2D eigenvalue weighted by Gasteiger charge is 2.49. The molecule has 4 rings (SSSR count). The zero-order valence-electron chi connectivity index (χ0n) is 19.3. The number of hydrogen-bond donors (Lipinski definition) is 3. The summed E-state index contributed by atoms with van der Waals surface area (Å²) in [6, 6.07) is 3.48. The number of carbonyl (C=O) groups is 2. The Labute approximate surface area is 208 Å². The molecule has 1 saturated heterocycles. The van der Waals surface area contributed by atoms with Crippen molar-refractivity contribution in [2.24, 2.45) is 11.8 Å². The Morgan fingerprint density at radius 3 is 2.27 bits per heavy atom. The van der Waals surface area contributed by atoms with E-state index in [4.69, 9.17) is 9.90 Å². The number of benzene rings is 1. The molecule has 8 nitrogen and oxygen atoms in total. The summed E-state index contributed by atoms with van der Waals surface area (Å²) in [6.07, 6.45) is 2.79. The highest BCUT2D eigenvalue weighted by atomic mass is 32.2. The Balaban J connectivity index is 0.000000479. The summed E-state index contributed by atoms with van der Waals surface area (Å²) >= 11 is 0. The van der Waals surface area contributed by atoms with Crippen molar-refractivity contribution in [1.82, 2.24) is 10.6 Å². The molecule has 0 radical (unpaired) electrons. The average molecular weight is 558 g/mol. The number of hydrogen-bond acceptors (Lipinski definition) is 6. The second-order valence-corrected chi connectivity index (χ2v) is 10.6. The van der Waals surface area contributed by atoms with E-state index in [0.29, 0.717) is 29.0 Å². The van der Waals surface area contributed by atoms with Gasteiger partial charge in [0.2, 0.25) is 5.91 Å². The van der Waals surface area contributed by atoms with Crippen molar-refractivity contribution < 1.29 is 53.6 Å². The molecular formula is C22H24F6N2O6S. The van der Waals surface area contributed by atoms with Gasteiger partial charge in [0, 0.05) is 6.04 Å². The van der Waals surface area contributed by atoms with Crippen LogP contribution < -0.4 is 14.8 Å². The summed E-state index contributed by atoms with van der Waals surface area (Å²) < 4.78 is 96.7. The number of rotatable bonds is 7. The van der Waals surface area contributed by atoms with Crippen molar-refractivity contribution in [1.29, 1.82) is 0 Å².